The molecule has 1 aromatic carbocycles. The van der Waals surface area contributed by atoms with Crippen LogP contribution < -0.4 is 4.43 Å². The van der Waals surface area contributed by atoms with Crippen molar-refractivity contribution in [1.82, 2.24) is 0 Å². The summed E-state index contributed by atoms with van der Waals surface area (Å²) in [6.07, 6.45) is 0. The van der Waals surface area contributed by atoms with Gasteiger partial charge in [0.2, 0.25) is 8.32 Å². The van der Waals surface area contributed by atoms with Crippen LogP contribution in [0.25, 0.3) is 0 Å². The van der Waals surface area contributed by atoms with Crippen LogP contribution in [0.2, 0.25) is 19.1 Å². The number of benzene rings is 1. The van der Waals surface area contributed by atoms with Crippen LogP contribution in [0, 0.1) is 5.41 Å². The Balaban J connectivity index is 2.69. The second kappa shape index (κ2) is 4.50. The predicted molar refractivity (Wildman–Crippen MR) is 70.5 cm³/mol. The van der Waals surface area contributed by atoms with Crippen molar-refractivity contribution in [2.45, 2.75) is 39.9 Å². The molecule has 1 N–H and O–H groups in total. The Morgan fingerprint density at radius 3 is 2.06 bits per heavy atom. The van der Waals surface area contributed by atoms with Crippen LogP contribution in [0.1, 0.15) is 20.8 Å². The Morgan fingerprint density at radius 2 is 1.62 bits per heavy atom. The lowest BCUT2D eigenvalue weighted by molar-refractivity contribution is 0.427. The van der Waals surface area contributed by atoms with E-state index in [1.807, 2.05) is 12.1 Å². The molecule has 0 saturated carbocycles. The van der Waals surface area contributed by atoms with Gasteiger partial charge in [0.15, 0.2) is 0 Å². The third kappa shape index (κ3) is 4.70. The first-order valence-electron chi connectivity index (χ1n) is 5.66. The normalized spacial score (nSPS) is 12.6. The Kier molecular flexibility index (Phi) is 3.68. The highest BCUT2D eigenvalue weighted by Gasteiger charge is 2.30. The van der Waals surface area contributed by atoms with Gasteiger partial charge in [-0.15, -0.1) is 0 Å². The fraction of sp³-hybridized carbons (Fsp3) is 0.538. The lowest BCUT2D eigenvalue weighted by Crippen LogP contribution is -2.38. The molecule has 0 amide bonds. The number of phenolic OH excluding ortho intramolecular Hbond substituents is 1. The standard InChI is InChI=1S/C13H22O2Si/c1-13(2,3)10-16(4,5)15-12-8-6-11(14)7-9-12/h6-9,14H,10H2,1-5H3. The smallest absolute Gasteiger partial charge is 0.245 e. The summed E-state index contributed by atoms with van der Waals surface area (Å²) in [5.41, 5.74) is 0.298. The van der Waals surface area contributed by atoms with Crippen LogP contribution in [0.4, 0.5) is 0 Å². The van der Waals surface area contributed by atoms with Gasteiger partial charge in [0.05, 0.1) is 0 Å². The minimum Gasteiger partial charge on any atom is -0.544 e. The van der Waals surface area contributed by atoms with Gasteiger partial charge in [0, 0.05) is 0 Å². The average Bonchev–Trinajstić information content (AvgIpc) is 2.04. The molecule has 0 saturated heterocycles. The largest absolute Gasteiger partial charge is 0.544 e. The first-order valence-corrected chi connectivity index (χ1v) is 8.78. The minimum absolute atomic E-state index is 0.280. The molecule has 0 radical (unpaired) electrons. The quantitative estimate of drug-likeness (QED) is 0.806. The molecule has 0 aliphatic carbocycles. The number of hydrogen-bond acceptors (Lipinski definition) is 2. The van der Waals surface area contributed by atoms with Crippen molar-refractivity contribution in [1.29, 1.82) is 0 Å². The first-order chi connectivity index (χ1) is 7.18. The van der Waals surface area contributed by atoms with E-state index in [0.29, 0.717) is 5.41 Å². The molecule has 2 nitrogen and oxygen atoms in total. The summed E-state index contributed by atoms with van der Waals surface area (Å²) >= 11 is 0. The Morgan fingerprint density at radius 1 is 1.12 bits per heavy atom. The van der Waals surface area contributed by atoms with Crippen LogP contribution >= 0.6 is 0 Å². The number of aromatic hydroxyl groups is 1. The monoisotopic (exact) mass is 238 g/mol. The molecule has 0 fully saturated rings. The Bertz CT molecular complexity index is 336. The number of phenols is 1. The van der Waals surface area contributed by atoms with Crippen LogP contribution in [0.3, 0.4) is 0 Å². The van der Waals surface area contributed by atoms with Crippen molar-refractivity contribution < 1.29 is 9.53 Å². The maximum absolute atomic E-state index is 9.20. The van der Waals surface area contributed by atoms with Gasteiger partial charge in [-0.2, -0.15) is 0 Å². The summed E-state index contributed by atoms with van der Waals surface area (Å²) in [7, 11) is -1.68. The van der Waals surface area contributed by atoms with Gasteiger partial charge in [-0.1, -0.05) is 20.8 Å². The minimum atomic E-state index is -1.68. The molecule has 0 aromatic heterocycles. The summed E-state index contributed by atoms with van der Waals surface area (Å²) < 4.78 is 6.06. The van der Waals surface area contributed by atoms with Crippen molar-refractivity contribution in [2.24, 2.45) is 5.41 Å². The average molecular weight is 238 g/mol. The molecular weight excluding hydrogens is 216 g/mol. The third-order valence-corrected chi connectivity index (χ3v) is 4.89. The Labute approximate surface area is 99.4 Å². The van der Waals surface area contributed by atoms with Gasteiger partial charge < -0.3 is 9.53 Å². The number of rotatable bonds is 3. The maximum Gasteiger partial charge on any atom is 0.245 e. The molecule has 1 rings (SSSR count). The van der Waals surface area contributed by atoms with E-state index >= 15 is 0 Å². The van der Waals surface area contributed by atoms with Gasteiger partial charge in [0.25, 0.3) is 0 Å². The highest BCUT2D eigenvalue weighted by Crippen LogP contribution is 2.30. The van der Waals surface area contributed by atoms with E-state index in [9.17, 15) is 5.11 Å². The highest BCUT2D eigenvalue weighted by molar-refractivity contribution is 6.72. The zero-order valence-corrected chi connectivity index (χ0v) is 11.9. The van der Waals surface area contributed by atoms with E-state index in [0.717, 1.165) is 11.8 Å². The maximum atomic E-state index is 9.20. The summed E-state index contributed by atoms with van der Waals surface area (Å²) in [6, 6.07) is 8.09. The summed E-state index contributed by atoms with van der Waals surface area (Å²) in [5.74, 6) is 1.14. The predicted octanol–water partition coefficient (Wildman–Crippen LogP) is 4.02. The van der Waals surface area contributed by atoms with Gasteiger partial charge in [-0.25, -0.2) is 0 Å². The van der Waals surface area contributed by atoms with Gasteiger partial charge in [-0.05, 0) is 48.8 Å². The van der Waals surface area contributed by atoms with Gasteiger partial charge >= 0.3 is 0 Å². The molecule has 0 aliphatic rings. The van der Waals surface area contributed by atoms with Crippen LogP contribution in [-0.4, -0.2) is 13.4 Å². The SMILES string of the molecule is CC(C)(C)C[Si](C)(C)Oc1ccc(O)cc1. The summed E-state index contributed by atoms with van der Waals surface area (Å²) in [4.78, 5) is 0. The van der Waals surface area contributed by atoms with E-state index in [-0.39, 0.29) is 5.75 Å². The van der Waals surface area contributed by atoms with Crippen molar-refractivity contribution in [2.75, 3.05) is 0 Å². The molecule has 16 heavy (non-hydrogen) atoms. The second-order valence-electron chi connectivity index (χ2n) is 6.09. The molecule has 3 heteroatoms. The fourth-order valence-electron chi connectivity index (χ4n) is 2.15. The Hall–Kier alpha value is -0.963. The molecule has 0 spiro atoms. The molecule has 0 atom stereocenters. The summed E-state index contributed by atoms with van der Waals surface area (Å²) in [6.45, 7) is 11.2. The molecule has 0 aliphatic heterocycles. The van der Waals surface area contributed by atoms with Crippen LogP contribution in [0.5, 0.6) is 11.5 Å². The zero-order chi connectivity index (χ0) is 12.4. The van der Waals surface area contributed by atoms with E-state index in [2.05, 4.69) is 33.9 Å². The van der Waals surface area contributed by atoms with Crippen LogP contribution in [0.15, 0.2) is 24.3 Å². The third-order valence-electron chi connectivity index (χ3n) is 2.19. The van der Waals surface area contributed by atoms with Crippen molar-refractivity contribution in [3.63, 3.8) is 0 Å². The number of hydrogen-bond donors (Lipinski definition) is 1. The van der Waals surface area contributed by atoms with E-state index in [1.165, 1.54) is 0 Å². The van der Waals surface area contributed by atoms with Crippen LogP contribution in [-0.2, 0) is 0 Å². The molecule has 0 bridgehead atoms. The van der Waals surface area contributed by atoms with E-state index in [1.54, 1.807) is 12.1 Å². The lowest BCUT2D eigenvalue weighted by Gasteiger charge is -2.31. The molecule has 0 unspecified atom stereocenters. The van der Waals surface area contributed by atoms with Gasteiger partial charge in [-0.3, -0.25) is 0 Å². The second-order valence-corrected chi connectivity index (χ2v) is 10.2. The topological polar surface area (TPSA) is 29.5 Å². The summed E-state index contributed by atoms with van der Waals surface area (Å²) in [5, 5.41) is 9.20. The molecule has 1 aromatic rings. The molecule has 90 valence electrons. The van der Waals surface area contributed by atoms with Crippen molar-refractivity contribution >= 4 is 8.32 Å². The molecular formula is C13H22O2Si. The fourth-order valence-corrected chi connectivity index (χ4v) is 5.55. The van der Waals surface area contributed by atoms with E-state index < -0.39 is 8.32 Å². The zero-order valence-electron chi connectivity index (χ0n) is 10.9. The van der Waals surface area contributed by atoms with Gasteiger partial charge in [0.1, 0.15) is 11.5 Å². The lowest BCUT2D eigenvalue weighted by atomic mass is 10.0. The highest BCUT2D eigenvalue weighted by atomic mass is 28.4. The van der Waals surface area contributed by atoms with E-state index in [4.69, 9.17) is 4.43 Å². The first kappa shape index (κ1) is 13.1. The molecule has 0 heterocycles. The van der Waals surface area contributed by atoms with Crippen molar-refractivity contribution in [3.05, 3.63) is 24.3 Å². The van der Waals surface area contributed by atoms with Crippen molar-refractivity contribution in [3.8, 4) is 11.5 Å².